The normalized spacial score (nSPS) is 16.8. The van der Waals surface area contributed by atoms with Crippen LogP contribution in [0.2, 0.25) is 0 Å². The topological polar surface area (TPSA) is 55.1 Å². The summed E-state index contributed by atoms with van der Waals surface area (Å²) in [7, 11) is 0. The fraction of sp³-hybridized carbons (Fsp3) is 0.222. The first-order chi connectivity index (χ1) is 11.3. The molecule has 0 spiro atoms. The van der Waals surface area contributed by atoms with E-state index in [1.165, 1.54) is 10.4 Å². The van der Waals surface area contributed by atoms with Crippen LogP contribution >= 0.6 is 11.3 Å². The Balaban J connectivity index is 1.48. The minimum absolute atomic E-state index is 0.0473. The number of aromatic nitrogens is 1. The minimum atomic E-state index is 0.0473. The van der Waals surface area contributed by atoms with Gasteiger partial charge in [0.05, 0.1) is 6.20 Å². The Morgan fingerprint density at radius 2 is 2.26 bits per heavy atom. The van der Waals surface area contributed by atoms with Crippen LogP contribution in [0.25, 0.3) is 11.3 Å². The second kappa shape index (κ2) is 6.01. The number of carbonyl (C=O) groups excluding carboxylic acids is 1. The maximum absolute atomic E-state index is 12.6. The third-order valence-electron chi connectivity index (χ3n) is 4.25. The fourth-order valence-corrected chi connectivity index (χ4v) is 3.96. The zero-order chi connectivity index (χ0) is 15.6. The highest BCUT2D eigenvalue weighted by molar-refractivity contribution is 7.10. The van der Waals surface area contributed by atoms with E-state index in [1.54, 1.807) is 23.6 Å². The smallest absolute Gasteiger partial charge is 0.227 e. The molecule has 23 heavy (non-hydrogen) atoms. The number of amides is 1. The van der Waals surface area contributed by atoms with Crippen molar-refractivity contribution in [3.8, 4) is 11.3 Å². The highest BCUT2D eigenvalue weighted by atomic mass is 32.1. The van der Waals surface area contributed by atoms with Gasteiger partial charge in [-0.2, -0.15) is 0 Å². The maximum Gasteiger partial charge on any atom is 0.227 e. The number of nitrogens with one attached hydrogen (secondary N) is 1. The van der Waals surface area contributed by atoms with Gasteiger partial charge in [-0.15, -0.1) is 11.3 Å². The van der Waals surface area contributed by atoms with Crippen molar-refractivity contribution in [2.24, 2.45) is 5.92 Å². The van der Waals surface area contributed by atoms with Crippen LogP contribution in [0.3, 0.4) is 0 Å². The molecule has 1 N–H and O–H groups in total. The number of hydrogen-bond donors (Lipinski definition) is 1. The number of thiophene rings is 1. The lowest BCUT2D eigenvalue weighted by molar-refractivity contribution is -0.120. The molecule has 0 aliphatic heterocycles. The van der Waals surface area contributed by atoms with Crippen molar-refractivity contribution in [1.29, 1.82) is 0 Å². The number of rotatable bonds is 3. The van der Waals surface area contributed by atoms with Gasteiger partial charge in [0.25, 0.3) is 0 Å². The van der Waals surface area contributed by atoms with Crippen molar-refractivity contribution in [2.45, 2.75) is 19.3 Å². The Hall–Kier alpha value is -2.40. The van der Waals surface area contributed by atoms with E-state index >= 15 is 0 Å². The van der Waals surface area contributed by atoms with Crippen molar-refractivity contribution < 1.29 is 9.32 Å². The van der Waals surface area contributed by atoms with E-state index in [1.807, 2.05) is 24.3 Å². The first kappa shape index (κ1) is 14.2. The third kappa shape index (κ3) is 2.92. The molecule has 3 aromatic rings. The van der Waals surface area contributed by atoms with Crippen molar-refractivity contribution in [3.05, 3.63) is 58.4 Å². The second-order valence-electron chi connectivity index (χ2n) is 5.76. The Kier molecular flexibility index (Phi) is 3.71. The van der Waals surface area contributed by atoms with Crippen LogP contribution in [-0.4, -0.2) is 11.1 Å². The molecule has 1 aliphatic carbocycles. The highest BCUT2D eigenvalue weighted by Gasteiger charge is 2.25. The second-order valence-corrected chi connectivity index (χ2v) is 6.76. The molecular weight excluding hydrogens is 308 g/mol. The van der Waals surface area contributed by atoms with E-state index in [4.69, 9.17) is 4.52 Å². The molecule has 0 saturated heterocycles. The SMILES string of the molecule is O=C(Nc1cccc(-c2ccno2)c1)C1CCc2sccc2C1. The number of nitrogens with zero attached hydrogens (tertiary/aromatic N) is 1. The quantitative estimate of drug-likeness (QED) is 0.787. The lowest BCUT2D eigenvalue weighted by Crippen LogP contribution is -2.27. The lowest BCUT2D eigenvalue weighted by atomic mass is 9.88. The van der Waals surface area contributed by atoms with Crippen LogP contribution in [0.1, 0.15) is 16.9 Å². The molecule has 1 unspecified atom stereocenters. The predicted molar refractivity (Wildman–Crippen MR) is 90.4 cm³/mol. The Labute approximate surface area is 138 Å². The van der Waals surface area contributed by atoms with Gasteiger partial charge in [-0.1, -0.05) is 17.3 Å². The van der Waals surface area contributed by atoms with Crippen LogP contribution in [0.15, 0.2) is 52.5 Å². The van der Waals surface area contributed by atoms with Crippen LogP contribution in [-0.2, 0) is 17.6 Å². The molecule has 0 bridgehead atoms. The van der Waals surface area contributed by atoms with Gasteiger partial charge in [0, 0.05) is 28.1 Å². The van der Waals surface area contributed by atoms with Gasteiger partial charge in [0.15, 0.2) is 5.76 Å². The van der Waals surface area contributed by atoms with Crippen molar-refractivity contribution in [3.63, 3.8) is 0 Å². The first-order valence-electron chi connectivity index (χ1n) is 7.67. The van der Waals surface area contributed by atoms with Gasteiger partial charge in [-0.3, -0.25) is 4.79 Å². The Morgan fingerprint density at radius 1 is 1.30 bits per heavy atom. The lowest BCUT2D eigenvalue weighted by Gasteiger charge is -2.21. The average molecular weight is 324 g/mol. The summed E-state index contributed by atoms with van der Waals surface area (Å²) in [6, 6.07) is 11.6. The largest absolute Gasteiger partial charge is 0.356 e. The number of aryl methyl sites for hydroxylation is 1. The van der Waals surface area contributed by atoms with E-state index in [-0.39, 0.29) is 11.8 Å². The molecule has 116 valence electrons. The predicted octanol–water partition coefficient (Wildman–Crippen LogP) is 4.15. The van der Waals surface area contributed by atoms with Crippen LogP contribution in [0.4, 0.5) is 5.69 Å². The molecule has 0 saturated carbocycles. The zero-order valence-corrected chi connectivity index (χ0v) is 13.3. The summed E-state index contributed by atoms with van der Waals surface area (Å²) in [5, 5.41) is 8.87. The summed E-state index contributed by atoms with van der Waals surface area (Å²) in [5.41, 5.74) is 3.03. The summed E-state index contributed by atoms with van der Waals surface area (Å²) >= 11 is 1.80. The van der Waals surface area contributed by atoms with E-state index in [9.17, 15) is 4.79 Å². The summed E-state index contributed by atoms with van der Waals surface area (Å²) in [5.74, 6) is 0.837. The molecule has 0 fully saturated rings. The molecule has 1 amide bonds. The van der Waals surface area contributed by atoms with Gasteiger partial charge in [-0.05, 0) is 48.4 Å². The Bertz CT molecular complexity index is 823. The van der Waals surface area contributed by atoms with Crippen LogP contribution < -0.4 is 5.32 Å². The maximum atomic E-state index is 12.6. The van der Waals surface area contributed by atoms with E-state index in [0.29, 0.717) is 5.76 Å². The molecular formula is C18H16N2O2S. The van der Waals surface area contributed by atoms with Crippen LogP contribution in [0, 0.1) is 5.92 Å². The summed E-state index contributed by atoms with van der Waals surface area (Å²) < 4.78 is 5.16. The highest BCUT2D eigenvalue weighted by Crippen LogP contribution is 2.30. The van der Waals surface area contributed by atoms with Crippen molar-refractivity contribution >= 4 is 22.9 Å². The summed E-state index contributed by atoms with van der Waals surface area (Å²) in [4.78, 5) is 14.0. The minimum Gasteiger partial charge on any atom is -0.356 e. The van der Waals surface area contributed by atoms with Gasteiger partial charge in [-0.25, -0.2) is 0 Å². The van der Waals surface area contributed by atoms with Gasteiger partial charge in [0.1, 0.15) is 0 Å². The van der Waals surface area contributed by atoms with Gasteiger partial charge < -0.3 is 9.84 Å². The average Bonchev–Trinajstić information content (AvgIpc) is 3.26. The fourth-order valence-electron chi connectivity index (χ4n) is 3.02. The molecule has 5 heteroatoms. The van der Waals surface area contributed by atoms with Crippen molar-refractivity contribution in [2.75, 3.05) is 5.32 Å². The summed E-state index contributed by atoms with van der Waals surface area (Å²) in [6.45, 7) is 0. The Morgan fingerprint density at radius 3 is 3.13 bits per heavy atom. The molecule has 1 aliphatic rings. The zero-order valence-electron chi connectivity index (χ0n) is 12.5. The monoisotopic (exact) mass is 324 g/mol. The van der Waals surface area contributed by atoms with E-state index in [0.717, 1.165) is 30.5 Å². The molecule has 2 heterocycles. The van der Waals surface area contributed by atoms with Crippen LogP contribution in [0.5, 0.6) is 0 Å². The van der Waals surface area contributed by atoms with E-state index in [2.05, 4.69) is 21.9 Å². The number of hydrogen-bond acceptors (Lipinski definition) is 4. The van der Waals surface area contributed by atoms with Crippen molar-refractivity contribution in [1.82, 2.24) is 5.16 Å². The summed E-state index contributed by atoms with van der Waals surface area (Å²) in [6.07, 6.45) is 4.37. The molecule has 1 aromatic carbocycles. The number of fused-ring (bicyclic) bond motifs is 1. The number of carbonyl (C=O) groups is 1. The molecule has 0 radical (unpaired) electrons. The van der Waals surface area contributed by atoms with Gasteiger partial charge in [0.2, 0.25) is 5.91 Å². The molecule has 1 atom stereocenters. The number of benzene rings is 1. The molecule has 4 nitrogen and oxygen atoms in total. The van der Waals surface area contributed by atoms with Gasteiger partial charge >= 0.3 is 0 Å². The van der Waals surface area contributed by atoms with E-state index < -0.39 is 0 Å². The molecule has 4 rings (SSSR count). The first-order valence-corrected chi connectivity index (χ1v) is 8.55. The third-order valence-corrected chi connectivity index (χ3v) is 5.27. The standard InChI is InChI=1S/C18H16N2O2S/c21-18(14-4-5-17-13(10-14)7-9-23-17)20-15-3-1-2-12(11-15)16-6-8-19-22-16/h1-3,6-9,11,14H,4-5,10H2,(H,20,21). The molecule has 2 aromatic heterocycles. The number of anilines is 1.